The number of hydrogen-bond acceptors (Lipinski definition) is 7. The summed E-state index contributed by atoms with van der Waals surface area (Å²) in [6, 6.07) is 14.0. The van der Waals surface area contributed by atoms with Crippen LogP contribution in [0, 0.1) is 12.8 Å². The van der Waals surface area contributed by atoms with Gasteiger partial charge in [0, 0.05) is 32.4 Å². The number of ether oxygens (including phenoxy) is 1. The minimum atomic E-state index is -1.17. The van der Waals surface area contributed by atoms with Gasteiger partial charge in [-0.2, -0.15) is 5.10 Å². The summed E-state index contributed by atoms with van der Waals surface area (Å²) in [4.78, 5) is 48.3. The number of aromatic nitrogens is 3. The van der Waals surface area contributed by atoms with E-state index in [1.165, 1.54) is 11.1 Å². The second-order valence-corrected chi connectivity index (χ2v) is 8.75. The lowest BCUT2D eigenvalue weighted by Gasteiger charge is -2.31. The third-order valence-corrected chi connectivity index (χ3v) is 6.72. The number of morpholine rings is 1. The van der Waals surface area contributed by atoms with E-state index >= 15 is 0 Å². The lowest BCUT2D eigenvalue weighted by molar-refractivity contribution is -0.141. The van der Waals surface area contributed by atoms with Gasteiger partial charge in [0.1, 0.15) is 5.92 Å². The van der Waals surface area contributed by atoms with Crippen LogP contribution in [0.3, 0.4) is 0 Å². The number of nitrogens with zero attached hydrogens (tertiary/aromatic N) is 5. The fourth-order valence-electron chi connectivity index (χ4n) is 4.83. The minimum Gasteiger partial charge on any atom is -0.379 e. The molecular formula is C26H27N5O4. The maximum Gasteiger partial charge on any atom is 0.291 e. The molecule has 180 valence electrons. The lowest BCUT2D eigenvalue weighted by Crippen LogP contribution is -2.43. The molecule has 3 aromatic rings. The van der Waals surface area contributed by atoms with Crippen LogP contribution in [0.4, 0.5) is 0 Å². The second-order valence-electron chi connectivity index (χ2n) is 8.75. The molecule has 0 radical (unpaired) electrons. The van der Waals surface area contributed by atoms with Gasteiger partial charge in [-0.05, 0) is 31.2 Å². The van der Waals surface area contributed by atoms with E-state index in [0.29, 0.717) is 43.3 Å². The van der Waals surface area contributed by atoms with Gasteiger partial charge in [-0.15, -0.1) is 0 Å². The molecule has 2 unspecified atom stereocenters. The maximum absolute atomic E-state index is 13.8. The molecule has 2 aliphatic rings. The maximum atomic E-state index is 13.8. The largest absolute Gasteiger partial charge is 0.379 e. The Hall–Kier alpha value is -3.69. The molecule has 9 nitrogen and oxygen atoms in total. The number of rotatable bonds is 7. The van der Waals surface area contributed by atoms with Crippen molar-refractivity contribution >= 4 is 17.5 Å². The van der Waals surface area contributed by atoms with Crippen LogP contribution in [0.1, 0.15) is 27.8 Å². The number of para-hydroxylation sites is 1. The molecule has 0 N–H and O–H groups in total. The third-order valence-electron chi connectivity index (χ3n) is 6.72. The molecule has 2 aromatic heterocycles. The molecule has 9 heteroatoms. The lowest BCUT2D eigenvalue weighted by atomic mass is 9.88. The van der Waals surface area contributed by atoms with E-state index in [4.69, 9.17) is 4.74 Å². The molecule has 2 saturated heterocycles. The van der Waals surface area contributed by atoms with Crippen molar-refractivity contribution in [3.05, 3.63) is 77.9 Å². The monoisotopic (exact) mass is 473 g/mol. The molecular weight excluding hydrogens is 446 g/mol. The zero-order valence-corrected chi connectivity index (χ0v) is 19.5. The van der Waals surface area contributed by atoms with Crippen molar-refractivity contribution in [1.29, 1.82) is 0 Å². The van der Waals surface area contributed by atoms with E-state index in [-0.39, 0.29) is 0 Å². The smallest absolute Gasteiger partial charge is 0.291 e. The molecule has 1 aromatic carbocycles. The molecule has 0 bridgehead atoms. The van der Waals surface area contributed by atoms with Crippen LogP contribution in [0.5, 0.6) is 0 Å². The Morgan fingerprint density at radius 2 is 1.77 bits per heavy atom. The zero-order valence-electron chi connectivity index (χ0n) is 19.5. The van der Waals surface area contributed by atoms with Gasteiger partial charge in [0.05, 0.1) is 48.1 Å². The van der Waals surface area contributed by atoms with Gasteiger partial charge in [0.25, 0.3) is 5.91 Å². The van der Waals surface area contributed by atoms with Gasteiger partial charge in [-0.1, -0.05) is 24.3 Å². The van der Waals surface area contributed by atoms with Gasteiger partial charge < -0.3 is 9.64 Å². The molecule has 1 amide bonds. The predicted octanol–water partition coefficient (Wildman–Crippen LogP) is 1.86. The first-order valence-electron chi connectivity index (χ1n) is 11.8. The number of pyridine rings is 1. The Labute approximate surface area is 203 Å². The first-order chi connectivity index (χ1) is 17.1. The number of ketones is 2. The highest BCUT2D eigenvalue weighted by atomic mass is 16.5. The average molecular weight is 474 g/mol. The fraction of sp³-hybridized carbons (Fsp3) is 0.346. The van der Waals surface area contributed by atoms with Crippen molar-refractivity contribution < 1.29 is 19.1 Å². The zero-order chi connectivity index (χ0) is 24.4. The molecule has 2 atom stereocenters. The first kappa shape index (κ1) is 23.1. The van der Waals surface area contributed by atoms with E-state index in [2.05, 4.69) is 15.0 Å². The standard InChI is InChI=1S/C26H27N5O4/c1-18-20(17-28-31(18)19-7-3-2-4-8-19)24(32)22-23(21-9-5-6-10-27-21)30(26(34)25(22)33)12-11-29-13-15-35-16-14-29/h2-10,17,22-23H,11-16H2,1H3. The molecule has 0 spiro atoms. The SMILES string of the molecule is Cc1c(C(=O)C2C(=O)C(=O)N(CCN3CCOCC3)C2c2ccccn2)cnn1-c1ccccc1. The Kier molecular flexibility index (Phi) is 6.52. The van der Waals surface area contributed by atoms with Crippen LogP contribution in [-0.4, -0.2) is 81.4 Å². The summed E-state index contributed by atoms with van der Waals surface area (Å²) in [5, 5.41) is 4.39. The molecule has 5 rings (SSSR count). The first-order valence-corrected chi connectivity index (χ1v) is 11.8. The van der Waals surface area contributed by atoms with Crippen LogP contribution in [0.25, 0.3) is 5.69 Å². The van der Waals surface area contributed by atoms with Crippen LogP contribution in [0.2, 0.25) is 0 Å². The van der Waals surface area contributed by atoms with E-state index < -0.39 is 29.4 Å². The van der Waals surface area contributed by atoms with Crippen LogP contribution in [-0.2, 0) is 14.3 Å². The molecule has 2 fully saturated rings. The number of benzene rings is 1. The van der Waals surface area contributed by atoms with E-state index in [1.807, 2.05) is 30.3 Å². The highest BCUT2D eigenvalue weighted by Gasteiger charge is 2.52. The molecule has 2 aliphatic heterocycles. The van der Waals surface area contributed by atoms with Crippen LogP contribution in [0.15, 0.2) is 60.9 Å². The third kappa shape index (κ3) is 4.40. The minimum absolute atomic E-state index is 0.330. The summed E-state index contributed by atoms with van der Waals surface area (Å²) in [5.74, 6) is -2.92. The van der Waals surface area contributed by atoms with E-state index in [1.54, 1.807) is 36.0 Å². The normalized spacial score (nSPS) is 21.0. The highest BCUT2D eigenvalue weighted by molar-refractivity contribution is 6.44. The van der Waals surface area contributed by atoms with Gasteiger partial charge in [-0.25, -0.2) is 4.68 Å². The molecule has 35 heavy (non-hydrogen) atoms. The van der Waals surface area contributed by atoms with Gasteiger partial charge in [0.15, 0.2) is 5.78 Å². The number of likely N-dealkylation sites (tertiary alicyclic amines) is 1. The summed E-state index contributed by atoms with van der Waals surface area (Å²) >= 11 is 0. The van der Waals surface area contributed by atoms with Gasteiger partial charge >= 0.3 is 0 Å². The Balaban J connectivity index is 1.47. The van der Waals surface area contributed by atoms with Crippen LogP contribution < -0.4 is 0 Å². The summed E-state index contributed by atoms with van der Waals surface area (Å²) in [5.41, 5.74) is 2.29. The summed E-state index contributed by atoms with van der Waals surface area (Å²) in [7, 11) is 0. The number of hydrogen-bond donors (Lipinski definition) is 0. The van der Waals surface area contributed by atoms with Gasteiger partial charge in [-0.3, -0.25) is 24.3 Å². The summed E-state index contributed by atoms with van der Waals surface area (Å²) in [6.45, 7) is 5.54. The van der Waals surface area contributed by atoms with E-state index in [0.717, 1.165) is 18.8 Å². The highest BCUT2D eigenvalue weighted by Crippen LogP contribution is 2.37. The fourth-order valence-corrected chi connectivity index (χ4v) is 4.83. The van der Waals surface area contributed by atoms with E-state index in [9.17, 15) is 14.4 Å². The predicted molar refractivity (Wildman–Crippen MR) is 127 cm³/mol. The van der Waals surface area contributed by atoms with Crippen molar-refractivity contribution in [2.24, 2.45) is 5.92 Å². The molecule has 4 heterocycles. The quantitative estimate of drug-likeness (QED) is 0.294. The van der Waals surface area contributed by atoms with Crippen molar-refractivity contribution in [3.63, 3.8) is 0 Å². The number of carbonyl (C=O) groups is 3. The van der Waals surface area contributed by atoms with Gasteiger partial charge in [0.2, 0.25) is 5.78 Å². The average Bonchev–Trinajstić information content (AvgIpc) is 3.41. The second kappa shape index (κ2) is 9.89. The van der Waals surface area contributed by atoms with Crippen molar-refractivity contribution in [2.45, 2.75) is 13.0 Å². The molecule has 0 aliphatic carbocycles. The Bertz CT molecular complexity index is 1220. The topological polar surface area (TPSA) is 97.6 Å². The van der Waals surface area contributed by atoms with Crippen molar-refractivity contribution in [1.82, 2.24) is 24.6 Å². The Morgan fingerprint density at radius 1 is 1.03 bits per heavy atom. The van der Waals surface area contributed by atoms with Crippen molar-refractivity contribution in [3.8, 4) is 5.69 Å². The molecule has 0 saturated carbocycles. The summed E-state index contributed by atoms with van der Waals surface area (Å²) in [6.07, 6.45) is 3.09. The Morgan fingerprint density at radius 3 is 2.49 bits per heavy atom. The number of carbonyl (C=O) groups excluding carboxylic acids is 3. The number of amides is 1. The summed E-state index contributed by atoms with van der Waals surface area (Å²) < 4.78 is 7.07. The van der Waals surface area contributed by atoms with Crippen molar-refractivity contribution in [2.75, 3.05) is 39.4 Å². The van der Waals surface area contributed by atoms with Crippen LogP contribution >= 0.6 is 0 Å². The number of Topliss-reactive ketones (excluding diaryl/α,β-unsaturated/α-hetero) is 2.